The standard InChI is InChI=1S/C36H34O5S2/c1-25(16-18-42-32-13-12-31(23-35(37)38)27(3)20-32)8-10-29-6-5-7-30(22-29)11-9-26(2)17-19-43-33-14-15-34(28(4)21-33)41-24-36(39)40/h5-7,12-17,20-22H,18-19,23-24H2,1-4H3,(H,37,38)(H,39,40)/b25-16+,26-17+. The van der Waals surface area contributed by atoms with E-state index in [1.807, 2.05) is 82.3 Å². The smallest absolute Gasteiger partial charge is 0.341 e. The van der Waals surface area contributed by atoms with Crippen LogP contribution in [0.25, 0.3) is 0 Å². The van der Waals surface area contributed by atoms with Crippen LogP contribution in [-0.4, -0.2) is 40.3 Å². The van der Waals surface area contributed by atoms with Crippen molar-refractivity contribution in [2.45, 2.75) is 43.9 Å². The van der Waals surface area contributed by atoms with Crippen molar-refractivity contribution in [1.82, 2.24) is 0 Å². The molecule has 0 saturated heterocycles. The number of carboxylic acid groups (broad SMARTS) is 2. The van der Waals surface area contributed by atoms with Crippen molar-refractivity contribution in [3.05, 3.63) is 112 Å². The topological polar surface area (TPSA) is 83.8 Å². The molecule has 3 aromatic carbocycles. The van der Waals surface area contributed by atoms with Crippen LogP contribution in [0.3, 0.4) is 0 Å². The highest BCUT2D eigenvalue weighted by atomic mass is 32.2. The predicted molar refractivity (Wildman–Crippen MR) is 176 cm³/mol. The van der Waals surface area contributed by atoms with Crippen LogP contribution in [0.4, 0.5) is 0 Å². The highest BCUT2D eigenvalue weighted by Crippen LogP contribution is 2.26. The van der Waals surface area contributed by atoms with Crippen LogP contribution >= 0.6 is 23.5 Å². The molecule has 0 bridgehead atoms. The third kappa shape index (κ3) is 12.2. The molecule has 0 atom stereocenters. The first-order valence-corrected chi connectivity index (χ1v) is 15.6. The number of rotatable bonds is 11. The first-order chi connectivity index (χ1) is 20.6. The summed E-state index contributed by atoms with van der Waals surface area (Å²) in [5.74, 6) is 13.2. The molecule has 0 radical (unpaired) electrons. The lowest BCUT2D eigenvalue weighted by Gasteiger charge is -2.08. The van der Waals surface area contributed by atoms with Crippen LogP contribution in [0.2, 0.25) is 0 Å². The van der Waals surface area contributed by atoms with Gasteiger partial charge < -0.3 is 14.9 Å². The molecular weight excluding hydrogens is 577 g/mol. The summed E-state index contributed by atoms with van der Waals surface area (Å²) in [6.45, 7) is 7.47. The highest BCUT2D eigenvalue weighted by molar-refractivity contribution is 7.99. The van der Waals surface area contributed by atoms with Crippen LogP contribution in [0.15, 0.2) is 93.8 Å². The van der Waals surface area contributed by atoms with Gasteiger partial charge in [0.05, 0.1) is 6.42 Å². The maximum atomic E-state index is 11.0. The molecule has 220 valence electrons. The minimum atomic E-state index is -0.996. The second kappa shape index (κ2) is 17.0. The normalized spacial score (nSPS) is 11.2. The summed E-state index contributed by atoms with van der Waals surface area (Å²) in [5, 5.41) is 17.8. The molecule has 0 aliphatic carbocycles. The lowest BCUT2D eigenvalue weighted by molar-refractivity contribution is -0.139. The lowest BCUT2D eigenvalue weighted by atomic mass is 10.1. The van der Waals surface area contributed by atoms with Crippen LogP contribution in [0.1, 0.15) is 41.7 Å². The van der Waals surface area contributed by atoms with Gasteiger partial charge in [0.25, 0.3) is 0 Å². The molecule has 0 aliphatic rings. The second-order valence-corrected chi connectivity index (χ2v) is 11.9. The Morgan fingerprint density at radius 2 is 1.33 bits per heavy atom. The predicted octanol–water partition coefficient (Wildman–Crippen LogP) is 7.57. The first kappa shape index (κ1) is 33.2. The van der Waals surface area contributed by atoms with Crippen molar-refractivity contribution in [2.24, 2.45) is 0 Å². The van der Waals surface area contributed by atoms with Crippen LogP contribution in [0.5, 0.6) is 5.75 Å². The molecule has 3 rings (SSSR count). The van der Waals surface area contributed by atoms with Gasteiger partial charge in [-0.1, -0.05) is 48.0 Å². The molecule has 0 amide bonds. The van der Waals surface area contributed by atoms with Gasteiger partial charge in [-0.3, -0.25) is 4.79 Å². The van der Waals surface area contributed by atoms with E-state index in [4.69, 9.17) is 14.9 Å². The molecule has 3 aromatic rings. The fourth-order valence-electron chi connectivity index (χ4n) is 3.78. The van der Waals surface area contributed by atoms with Gasteiger partial charge in [-0.2, -0.15) is 0 Å². The van der Waals surface area contributed by atoms with Crippen LogP contribution in [0, 0.1) is 37.5 Å². The number of hydrogen-bond donors (Lipinski definition) is 2. The van der Waals surface area contributed by atoms with E-state index >= 15 is 0 Å². The quantitative estimate of drug-likeness (QED) is 0.171. The van der Waals surface area contributed by atoms with Crippen molar-refractivity contribution >= 4 is 35.5 Å². The Labute approximate surface area is 262 Å². The fourth-order valence-corrected chi connectivity index (χ4v) is 5.68. The van der Waals surface area contributed by atoms with E-state index in [0.717, 1.165) is 60.3 Å². The van der Waals surface area contributed by atoms with E-state index in [1.54, 1.807) is 29.6 Å². The molecule has 0 heterocycles. The van der Waals surface area contributed by atoms with Gasteiger partial charge in [-0.25, -0.2) is 4.79 Å². The number of carbonyl (C=O) groups is 2. The third-order valence-corrected chi connectivity index (χ3v) is 7.94. The van der Waals surface area contributed by atoms with Gasteiger partial charge in [-0.15, -0.1) is 23.5 Å². The number of aryl methyl sites for hydroxylation is 2. The van der Waals surface area contributed by atoms with E-state index in [-0.39, 0.29) is 13.0 Å². The molecule has 0 unspecified atom stereocenters. The summed E-state index contributed by atoms with van der Waals surface area (Å²) in [6, 6.07) is 19.5. The number of benzene rings is 3. The molecule has 0 aromatic heterocycles. The molecule has 43 heavy (non-hydrogen) atoms. The third-order valence-electron chi connectivity index (χ3n) is 6.10. The Balaban J connectivity index is 1.52. The average molecular weight is 611 g/mol. The summed E-state index contributed by atoms with van der Waals surface area (Å²) in [6.07, 6.45) is 4.22. The Kier molecular flexibility index (Phi) is 13.1. The van der Waals surface area contributed by atoms with Crippen LogP contribution in [-0.2, 0) is 16.0 Å². The second-order valence-electron chi connectivity index (χ2n) is 9.75. The van der Waals surface area contributed by atoms with Gasteiger partial charge in [0.2, 0.25) is 0 Å². The van der Waals surface area contributed by atoms with Crippen molar-refractivity contribution in [1.29, 1.82) is 0 Å². The summed E-state index contributed by atoms with van der Waals surface area (Å²) in [7, 11) is 0. The molecule has 2 N–H and O–H groups in total. The average Bonchev–Trinajstić information content (AvgIpc) is 2.96. The van der Waals surface area contributed by atoms with Crippen molar-refractivity contribution in [3.63, 3.8) is 0 Å². The Morgan fingerprint density at radius 1 is 0.767 bits per heavy atom. The summed E-state index contributed by atoms with van der Waals surface area (Å²) in [4.78, 5) is 23.9. The van der Waals surface area contributed by atoms with Gasteiger partial charge in [0.15, 0.2) is 6.61 Å². The Bertz CT molecular complexity index is 1660. The molecular formula is C36H34O5S2. The van der Waals surface area contributed by atoms with E-state index in [1.165, 1.54) is 0 Å². The number of aliphatic carboxylic acids is 2. The zero-order chi connectivity index (χ0) is 31.2. The summed E-state index contributed by atoms with van der Waals surface area (Å²) >= 11 is 3.37. The van der Waals surface area contributed by atoms with Crippen LogP contribution < -0.4 is 4.74 Å². The first-order valence-electron chi connectivity index (χ1n) is 13.6. The van der Waals surface area contributed by atoms with E-state index in [9.17, 15) is 9.59 Å². The Hall–Kier alpha value is -4.30. The number of carboxylic acids is 2. The van der Waals surface area contributed by atoms with Crippen molar-refractivity contribution < 1.29 is 24.5 Å². The highest BCUT2D eigenvalue weighted by Gasteiger charge is 2.06. The number of allylic oxidation sites excluding steroid dienone is 2. The zero-order valence-corrected chi connectivity index (χ0v) is 26.3. The Morgan fingerprint density at radius 3 is 1.84 bits per heavy atom. The molecule has 0 saturated carbocycles. The molecule has 0 fully saturated rings. The maximum absolute atomic E-state index is 11.0. The summed E-state index contributed by atoms with van der Waals surface area (Å²) < 4.78 is 5.29. The van der Waals surface area contributed by atoms with Gasteiger partial charge in [0.1, 0.15) is 5.75 Å². The van der Waals surface area contributed by atoms with Crippen molar-refractivity contribution in [2.75, 3.05) is 18.1 Å². The zero-order valence-electron chi connectivity index (χ0n) is 24.7. The minimum absolute atomic E-state index is 0.0421. The van der Waals surface area contributed by atoms with Crippen molar-refractivity contribution in [3.8, 4) is 29.4 Å². The number of thioether (sulfide) groups is 2. The summed E-state index contributed by atoms with van der Waals surface area (Å²) in [5.41, 5.74) is 6.49. The van der Waals surface area contributed by atoms with E-state index < -0.39 is 11.9 Å². The SMILES string of the molecule is C/C(C#Cc1cccc(C#C/C(C)=C/CSc2ccc(OCC(=O)O)c(C)c2)c1)=C\CSc1ccc(CC(=O)O)c(C)c1. The number of hydrogen-bond acceptors (Lipinski definition) is 5. The molecule has 0 spiro atoms. The maximum Gasteiger partial charge on any atom is 0.341 e. The largest absolute Gasteiger partial charge is 0.482 e. The fraction of sp³-hybridized carbons (Fsp3) is 0.222. The van der Waals surface area contributed by atoms with E-state index in [2.05, 4.69) is 35.8 Å². The molecule has 5 nitrogen and oxygen atoms in total. The number of ether oxygens (including phenoxy) is 1. The van der Waals surface area contributed by atoms with Gasteiger partial charge in [-0.05, 0) is 104 Å². The lowest BCUT2D eigenvalue weighted by Crippen LogP contribution is -2.09. The minimum Gasteiger partial charge on any atom is -0.482 e. The van der Waals surface area contributed by atoms with Gasteiger partial charge >= 0.3 is 11.9 Å². The molecule has 0 aliphatic heterocycles. The monoisotopic (exact) mass is 610 g/mol. The van der Waals surface area contributed by atoms with E-state index in [0.29, 0.717) is 5.75 Å². The van der Waals surface area contributed by atoms with Gasteiger partial charge in [0, 0.05) is 32.4 Å². The molecule has 7 heteroatoms.